The first-order valence-corrected chi connectivity index (χ1v) is 12.4. The fraction of sp³-hybridized carbons (Fsp3) is 0.462. The van der Waals surface area contributed by atoms with Crippen LogP contribution in [0.25, 0.3) is 11.8 Å². The number of hydrogen-bond donors (Lipinski definition) is 1. The molecule has 184 valence electrons. The Hall–Kier alpha value is -3.00. The highest BCUT2D eigenvalue weighted by Crippen LogP contribution is 2.39. The molecule has 2 aromatic heterocycles. The van der Waals surface area contributed by atoms with Crippen molar-refractivity contribution in [2.24, 2.45) is 16.1 Å². The van der Waals surface area contributed by atoms with Gasteiger partial charge in [0, 0.05) is 34.7 Å². The lowest BCUT2D eigenvalue weighted by Gasteiger charge is -2.29. The van der Waals surface area contributed by atoms with Gasteiger partial charge < -0.3 is 9.72 Å². The molecule has 0 saturated heterocycles. The number of anilines is 1. The number of azo groups is 1. The van der Waals surface area contributed by atoms with Crippen molar-refractivity contribution < 1.29 is 13.9 Å². The number of allylic oxidation sites excluding steroid dienone is 1. The van der Waals surface area contributed by atoms with Gasteiger partial charge >= 0.3 is 6.09 Å². The lowest BCUT2D eigenvalue weighted by Crippen LogP contribution is -2.39. The van der Waals surface area contributed by atoms with Crippen LogP contribution in [0.1, 0.15) is 63.6 Å². The van der Waals surface area contributed by atoms with Crippen molar-refractivity contribution in [3.05, 3.63) is 57.2 Å². The van der Waals surface area contributed by atoms with E-state index in [4.69, 9.17) is 16.3 Å². The average molecular weight is 498 g/mol. The van der Waals surface area contributed by atoms with Crippen LogP contribution in [0.5, 0.6) is 0 Å². The van der Waals surface area contributed by atoms with E-state index in [-0.39, 0.29) is 11.7 Å². The number of aromatic amines is 1. The molecule has 0 atom stereocenters. The molecule has 0 radical (unpaired) electrons. The van der Waals surface area contributed by atoms with Gasteiger partial charge in [-0.25, -0.2) is 9.18 Å². The topological polar surface area (TPSA) is 82.9 Å². The predicted molar refractivity (Wildman–Crippen MR) is 133 cm³/mol. The van der Waals surface area contributed by atoms with Crippen molar-refractivity contribution in [2.45, 2.75) is 64.5 Å². The fourth-order valence-electron chi connectivity index (χ4n) is 5.09. The molecule has 0 unspecified atom stereocenters. The first kappa shape index (κ1) is 23.7. The smallest absolute Gasteiger partial charge is 0.415 e. The minimum absolute atomic E-state index is 0.234. The maximum atomic E-state index is 13.3. The number of fused-ring (bicyclic) bond motifs is 3. The summed E-state index contributed by atoms with van der Waals surface area (Å²) in [5.41, 5.74) is 2.93. The van der Waals surface area contributed by atoms with E-state index in [1.54, 1.807) is 17.0 Å². The molecule has 2 aliphatic heterocycles. The van der Waals surface area contributed by atoms with Crippen molar-refractivity contribution in [1.82, 2.24) is 9.97 Å². The zero-order valence-corrected chi connectivity index (χ0v) is 20.9. The van der Waals surface area contributed by atoms with Crippen LogP contribution < -0.4 is 15.6 Å². The number of carbonyl (C=O) groups excluding carboxylic acids is 1. The van der Waals surface area contributed by atoms with Gasteiger partial charge in [-0.3, -0.25) is 9.88 Å². The van der Waals surface area contributed by atoms with Gasteiger partial charge in [-0.15, -0.1) is 0 Å². The highest BCUT2D eigenvalue weighted by Gasteiger charge is 2.32. The number of pyridine rings is 1. The molecular formula is C26H29ClFN5O2. The van der Waals surface area contributed by atoms with Gasteiger partial charge in [0.2, 0.25) is 0 Å². The van der Waals surface area contributed by atoms with Crippen molar-refractivity contribution in [3.8, 4) is 0 Å². The molecular weight excluding hydrogens is 469 g/mol. The van der Waals surface area contributed by atoms with Crippen LogP contribution in [0.3, 0.4) is 0 Å². The molecule has 0 bridgehead atoms. The van der Waals surface area contributed by atoms with Crippen molar-refractivity contribution in [2.75, 3.05) is 11.4 Å². The summed E-state index contributed by atoms with van der Waals surface area (Å²) in [6.07, 6.45) is 8.26. The van der Waals surface area contributed by atoms with Crippen LogP contribution in [-0.4, -0.2) is 28.2 Å². The third-order valence-electron chi connectivity index (χ3n) is 6.68. The average Bonchev–Trinajstić information content (AvgIpc) is 3.07. The summed E-state index contributed by atoms with van der Waals surface area (Å²) in [6, 6.07) is 3.26. The van der Waals surface area contributed by atoms with Gasteiger partial charge in [0.25, 0.3) is 0 Å². The molecule has 1 saturated carbocycles. The van der Waals surface area contributed by atoms with E-state index < -0.39 is 11.7 Å². The Bertz CT molecular complexity index is 1320. The molecule has 35 heavy (non-hydrogen) atoms. The maximum absolute atomic E-state index is 13.3. The summed E-state index contributed by atoms with van der Waals surface area (Å²) in [7, 11) is 0. The van der Waals surface area contributed by atoms with Gasteiger partial charge in [-0.1, -0.05) is 11.6 Å². The molecule has 4 heterocycles. The van der Waals surface area contributed by atoms with E-state index in [0.29, 0.717) is 24.0 Å². The van der Waals surface area contributed by atoms with Gasteiger partial charge in [0.1, 0.15) is 11.4 Å². The van der Waals surface area contributed by atoms with Crippen LogP contribution in [0, 0.1) is 11.7 Å². The third-order valence-corrected chi connectivity index (χ3v) is 6.95. The second-order valence-corrected chi connectivity index (χ2v) is 10.7. The van der Waals surface area contributed by atoms with Gasteiger partial charge in [0.15, 0.2) is 0 Å². The Morgan fingerprint density at radius 2 is 1.94 bits per heavy atom. The molecule has 5 rings (SSSR count). The van der Waals surface area contributed by atoms with Crippen LogP contribution in [0.4, 0.5) is 14.9 Å². The Kier molecular flexibility index (Phi) is 6.25. The lowest BCUT2D eigenvalue weighted by atomic mass is 9.78. The summed E-state index contributed by atoms with van der Waals surface area (Å²) in [5, 5.41) is 11.2. The number of nitrogens with one attached hydrogen (secondary N) is 1. The Morgan fingerprint density at radius 3 is 2.63 bits per heavy atom. The second-order valence-electron chi connectivity index (χ2n) is 10.3. The maximum Gasteiger partial charge on any atom is 0.415 e. The Balaban J connectivity index is 1.48. The molecule has 1 amide bonds. The number of hydrogen-bond acceptors (Lipinski definition) is 5. The molecule has 1 fully saturated rings. The van der Waals surface area contributed by atoms with Crippen LogP contribution >= 0.6 is 11.6 Å². The largest absolute Gasteiger partial charge is 0.443 e. The molecule has 7 nitrogen and oxygen atoms in total. The van der Waals surface area contributed by atoms with Crippen LogP contribution in [0.2, 0.25) is 0 Å². The van der Waals surface area contributed by atoms with Crippen molar-refractivity contribution >= 4 is 35.2 Å². The molecule has 0 aromatic carbocycles. The molecule has 2 aromatic rings. The Labute approximate surface area is 208 Å². The monoisotopic (exact) mass is 497 g/mol. The number of rotatable bonds is 2. The minimum atomic E-state index is -0.619. The highest BCUT2D eigenvalue weighted by molar-refractivity contribution is 6.34. The molecule has 9 heteroatoms. The third kappa shape index (κ3) is 4.89. The number of nitrogens with zero attached hydrogens (tertiary/aromatic N) is 4. The van der Waals surface area contributed by atoms with E-state index in [1.807, 2.05) is 26.8 Å². The predicted octanol–water partition coefficient (Wildman–Crippen LogP) is 5.26. The zero-order valence-electron chi connectivity index (χ0n) is 20.1. The number of amides is 1. The number of ether oxygens (including phenoxy) is 1. The first-order valence-electron chi connectivity index (χ1n) is 12.0. The molecule has 0 spiro atoms. The number of H-pyrrole nitrogens is 1. The van der Waals surface area contributed by atoms with E-state index in [2.05, 4.69) is 20.2 Å². The van der Waals surface area contributed by atoms with E-state index in [9.17, 15) is 9.18 Å². The fourth-order valence-corrected chi connectivity index (χ4v) is 5.27. The van der Waals surface area contributed by atoms with E-state index >= 15 is 0 Å². The summed E-state index contributed by atoms with van der Waals surface area (Å²) in [6.45, 7) is 6.24. The van der Waals surface area contributed by atoms with Crippen LogP contribution in [0.15, 0.2) is 39.7 Å². The lowest BCUT2D eigenvalue weighted by molar-refractivity contribution is 0.0584. The standard InChI is InChI=1S/C26H29ClFN5O2/c1-26(2,3)35-25(34)33-11-10-17(27)12-21-24(33)19-14-30-32-22(23(19)31-21)16-6-4-15(5-7-16)20-9-8-18(28)13-29-20/h8-10,12-13,15-16,31H,4-7,11,14H2,1-3H3. The summed E-state index contributed by atoms with van der Waals surface area (Å²) in [5.74, 6) is 0.234. The van der Waals surface area contributed by atoms with Gasteiger partial charge in [-0.2, -0.15) is 10.2 Å². The van der Waals surface area contributed by atoms with Gasteiger partial charge in [0.05, 0.1) is 34.8 Å². The zero-order chi connectivity index (χ0) is 24.7. The normalized spacial score (nSPS) is 22.0. The molecule has 3 aliphatic rings. The number of aromatic nitrogens is 2. The SMILES string of the molecule is CC(C)(C)OC(=O)N1CC=C(Cl)C=c2[nH]c3c(c21)CN=NC=3C1CCC(c2ccc(F)cn2)CC1. The summed E-state index contributed by atoms with van der Waals surface area (Å²) < 4.78 is 19.0. The van der Waals surface area contributed by atoms with Gasteiger partial charge in [-0.05, 0) is 70.7 Å². The van der Waals surface area contributed by atoms with Crippen molar-refractivity contribution in [3.63, 3.8) is 0 Å². The van der Waals surface area contributed by atoms with E-state index in [1.165, 1.54) is 12.3 Å². The second kappa shape index (κ2) is 9.22. The van der Waals surface area contributed by atoms with E-state index in [0.717, 1.165) is 59.0 Å². The minimum Gasteiger partial charge on any atom is -0.443 e. The van der Waals surface area contributed by atoms with Crippen molar-refractivity contribution in [1.29, 1.82) is 0 Å². The number of halogens is 2. The summed E-state index contributed by atoms with van der Waals surface area (Å²) >= 11 is 6.41. The summed E-state index contributed by atoms with van der Waals surface area (Å²) in [4.78, 5) is 22.5. The van der Waals surface area contributed by atoms with Crippen LogP contribution in [-0.2, 0) is 11.3 Å². The number of carbonyl (C=O) groups is 1. The molecule has 1 N–H and O–H groups in total. The Morgan fingerprint density at radius 1 is 1.20 bits per heavy atom. The molecule has 1 aliphatic carbocycles. The quantitative estimate of drug-likeness (QED) is 0.614. The highest BCUT2D eigenvalue weighted by atomic mass is 35.5. The first-order chi connectivity index (χ1) is 16.7.